The van der Waals surface area contributed by atoms with Gasteiger partial charge in [-0.1, -0.05) is 12.1 Å². The van der Waals surface area contributed by atoms with Crippen molar-refractivity contribution in [3.63, 3.8) is 0 Å². The molecule has 1 aromatic carbocycles. The van der Waals surface area contributed by atoms with Crippen LogP contribution < -0.4 is 5.32 Å². The van der Waals surface area contributed by atoms with E-state index in [4.69, 9.17) is 0 Å². The van der Waals surface area contributed by atoms with Crippen molar-refractivity contribution in [3.8, 4) is 0 Å². The van der Waals surface area contributed by atoms with Gasteiger partial charge in [0.15, 0.2) is 0 Å². The molecule has 0 spiro atoms. The Morgan fingerprint density at radius 3 is 2.38 bits per heavy atom. The molecule has 1 saturated carbocycles. The summed E-state index contributed by atoms with van der Waals surface area (Å²) < 4.78 is 12.7. The molecule has 0 saturated heterocycles. The molecule has 1 unspecified atom stereocenters. The number of halogens is 1. The summed E-state index contributed by atoms with van der Waals surface area (Å²) in [4.78, 5) is 0. The molecule has 70 valence electrons. The highest BCUT2D eigenvalue weighted by Gasteiger charge is 2.30. The van der Waals surface area contributed by atoms with Crippen molar-refractivity contribution in [3.05, 3.63) is 35.6 Å². The van der Waals surface area contributed by atoms with Crippen LogP contribution in [0.15, 0.2) is 24.3 Å². The highest BCUT2D eigenvalue weighted by atomic mass is 19.1. The van der Waals surface area contributed by atoms with Gasteiger partial charge in [-0.3, -0.25) is 0 Å². The van der Waals surface area contributed by atoms with E-state index in [1.807, 2.05) is 19.2 Å². The summed E-state index contributed by atoms with van der Waals surface area (Å²) in [6.45, 7) is 0. The monoisotopic (exact) mass is 179 g/mol. The van der Waals surface area contributed by atoms with Crippen LogP contribution in [-0.2, 0) is 0 Å². The predicted octanol–water partition coefficient (Wildman–Crippen LogP) is 2.50. The van der Waals surface area contributed by atoms with Crippen LogP contribution in [0.5, 0.6) is 0 Å². The second kappa shape index (κ2) is 3.46. The minimum absolute atomic E-state index is 0.158. The van der Waals surface area contributed by atoms with Gasteiger partial charge in [0.25, 0.3) is 0 Å². The van der Waals surface area contributed by atoms with Crippen LogP contribution in [0, 0.1) is 11.7 Å². The molecule has 1 nitrogen and oxygen atoms in total. The van der Waals surface area contributed by atoms with Gasteiger partial charge in [0.2, 0.25) is 0 Å². The van der Waals surface area contributed by atoms with Crippen molar-refractivity contribution in [2.24, 2.45) is 5.92 Å². The van der Waals surface area contributed by atoms with Crippen molar-refractivity contribution in [2.45, 2.75) is 18.9 Å². The normalized spacial score (nSPS) is 18.6. The second-order valence-corrected chi connectivity index (χ2v) is 3.66. The van der Waals surface area contributed by atoms with Gasteiger partial charge in [-0.2, -0.15) is 0 Å². The van der Waals surface area contributed by atoms with Crippen molar-refractivity contribution in [2.75, 3.05) is 7.05 Å². The largest absolute Gasteiger partial charge is 0.313 e. The van der Waals surface area contributed by atoms with Crippen LogP contribution in [0.3, 0.4) is 0 Å². The number of hydrogen-bond donors (Lipinski definition) is 1. The molecule has 0 aromatic heterocycles. The lowest BCUT2D eigenvalue weighted by molar-refractivity contribution is 0.527. The first-order chi connectivity index (χ1) is 6.31. The Balaban J connectivity index is 2.17. The van der Waals surface area contributed by atoms with Gasteiger partial charge in [0, 0.05) is 6.04 Å². The van der Waals surface area contributed by atoms with Gasteiger partial charge in [-0.05, 0) is 43.5 Å². The molecule has 0 radical (unpaired) electrons. The van der Waals surface area contributed by atoms with Crippen LogP contribution in [0.4, 0.5) is 4.39 Å². The number of benzene rings is 1. The summed E-state index contributed by atoms with van der Waals surface area (Å²) in [5.41, 5.74) is 1.20. The molecule has 0 amide bonds. The number of nitrogens with one attached hydrogen (secondary N) is 1. The number of hydrogen-bond acceptors (Lipinski definition) is 1. The standard InChI is InChI=1S/C11H14FN/c1-13-11(8-2-3-8)9-4-6-10(12)7-5-9/h4-8,11,13H,2-3H2,1H3. The smallest absolute Gasteiger partial charge is 0.123 e. The first kappa shape index (κ1) is 8.70. The van der Waals surface area contributed by atoms with E-state index >= 15 is 0 Å². The summed E-state index contributed by atoms with van der Waals surface area (Å²) in [5, 5.41) is 3.28. The maximum absolute atomic E-state index is 12.7. The third kappa shape index (κ3) is 1.89. The van der Waals surface area contributed by atoms with Gasteiger partial charge in [-0.25, -0.2) is 4.39 Å². The van der Waals surface area contributed by atoms with E-state index in [1.54, 1.807) is 0 Å². The molecule has 0 bridgehead atoms. The van der Waals surface area contributed by atoms with E-state index in [0.717, 1.165) is 5.92 Å². The van der Waals surface area contributed by atoms with Crippen molar-refractivity contribution in [1.29, 1.82) is 0 Å². The summed E-state index contributed by atoms with van der Waals surface area (Å²) in [6.07, 6.45) is 2.59. The molecule has 13 heavy (non-hydrogen) atoms. The van der Waals surface area contributed by atoms with Gasteiger partial charge in [-0.15, -0.1) is 0 Å². The Kier molecular flexibility index (Phi) is 2.32. The summed E-state index contributed by atoms with van der Waals surface area (Å²) in [7, 11) is 1.96. The van der Waals surface area contributed by atoms with Gasteiger partial charge >= 0.3 is 0 Å². The summed E-state index contributed by atoms with van der Waals surface area (Å²) in [5.74, 6) is 0.602. The van der Waals surface area contributed by atoms with Crippen molar-refractivity contribution >= 4 is 0 Å². The predicted molar refractivity (Wildman–Crippen MR) is 50.9 cm³/mol. The first-order valence-corrected chi connectivity index (χ1v) is 4.74. The van der Waals surface area contributed by atoms with Crippen LogP contribution in [0.1, 0.15) is 24.4 Å². The van der Waals surface area contributed by atoms with E-state index in [-0.39, 0.29) is 5.82 Å². The molecule has 1 N–H and O–H groups in total. The van der Waals surface area contributed by atoms with E-state index < -0.39 is 0 Å². The maximum atomic E-state index is 12.7. The van der Waals surface area contributed by atoms with E-state index in [2.05, 4.69) is 5.32 Å². The maximum Gasteiger partial charge on any atom is 0.123 e. The Hall–Kier alpha value is -0.890. The van der Waals surface area contributed by atoms with Gasteiger partial charge in [0.05, 0.1) is 0 Å². The lowest BCUT2D eigenvalue weighted by Gasteiger charge is -2.15. The van der Waals surface area contributed by atoms with E-state index in [9.17, 15) is 4.39 Å². The molecule has 0 aliphatic heterocycles. The Bertz CT molecular complexity index is 277. The van der Waals surface area contributed by atoms with Crippen LogP contribution in [0.2, 0.25) is 0 Å². The van der Waals surface area contributed by atoms with Crippen molar-refractivity contribution < 1.29 is 4.39 Å². The molecule has 1 fully saturated rings. The zero-order chi connectivity index (χ0) is 9.26. The van der Waals surface area contributed by atoms with Crippen LogP contribution in [-0.4, -0.2) is 7.05 Å². The third-order valence-corrected chi connectivity index (χ3v) is 2.63. The molecular formula is C11H14FN. The lowest BCUT2D eigenvalue weighted by atomic mass is 10.0. The lowest BCUT2D eigenvalue weighted by Crippen LogP contribution is -2.18. The van der Waals surface area contributed by atoms with E-state index in [0.29, 0.717) is 6.04 Å². The molecule has 1 aliphatic rings. The molecule has 1 atom stereocenters. The van der Waals surface area contributed by atoms with E-state index in [1.165, 1.54) is 30.5 Å². The third-order valence-electron chi connectivity index (χ3n) is 2.63. The fourth-order valence-corrected chi connectivity index (χ4v) is 1.77. The molecule has 1 aliphatic carbocycles. The minimum Gasteiger partial charge on any atom is -0.313 e. The topological polar surface area (TPSA) is 12.0 Å². The average Bonchev–Trinajstić information content (AvgIpc) is 2.93. The highest BCUT2D eigenvalue weighted by molar-refractivity contribution is 5.21. The van der Waals surface area contributed by atoms with Crippen LogP contribution >= 0.6 is 0 Å². The van der Waals surface area contributed by atoms with Gasteiger partial charge < -0.3 is 5.32 Å². The molecule has 2 rings (SSSR count). The summed E-state index contributed by atoms with van der Waals surface area (Å²) >= 11 is 0. The second-order valence-electron chi connectivity index (χ2n) is 3.66. The first-order valence-electron chi connectivity index (χ1n) is 4.74. The van der Waals surface area contributed by atoms with Gasteiger partial charge in [0.1, 0.15) is 5.82 Å². The summed E-state index contributed by atoms with van der Waals surface area (Å²) in [6, 6.07) is 7.22. The molecule has 2 heteroatoms. The molecule has 0 heterocycles. The number of rotatable bonds is 3. The fourth-order valence-electron chi connectivity index (χ4n) is 1.77. The fraction of sp³-hybridized carbons (Fsp3) is 0.455. The van der Waals surface area contributed by atoms with Crippen LogP contribution in [0.25, 0.3) is 0 Å². The van der Waals surface area contributed by atoms with Crippen molar-refractivity contribution in [1.82, 2.24) is 5.32 Å². The Morgan fingerprint density at radius 1 is 1.31 bits per heavy atom. The highest BCUT2D eigenvalue weighted by Crippen LogP contribution is 2.40. The zero-order valence-corrected chi connectivity index (χ0v) is 7.76. The quantitative estimate of drug-likeness (QED) is 0.751. The minimum atomic E-state index is -0.158. The SMILES string of the molecule is CNC(c1ccc(F)cc1)C1CC1. The molecule has 1 aromatic rings. The average molecular weight is 179 g/mol. The Labute approximate surface area is 78.0 Å². The Morgan fingerprint density at radius 2 is 1.92 bits per heavy atom. The molecular weight excluding hydrogens is 165 g/mol. The zero-order valence-electron chi connectivity index (χ0n) is 7.76.